The summed E-state index contributed by atoms with van der Waals surface area (Å²) in [6, 6.07) is 0. The summed E-state index contributed by atoms with van der Waals surface area (Å²) >= 11 is 5.38. The van der Waals surface area contributed by atoms with E-state index in [-0.39, 0.29) is 18.0 Å². The number of hydrogen-bond acceptors (Lipinski definition) is 6. The lowest BCUT2D eigenvalue weighted by Crippen LogP contribution is -2.36. The van der Waals surface area contributed by atoms with Crippen molar-refractivity contribution in [2.24, 2.45) is 0 Å². The molecule has 1 N–H and O–H groups in total. The van der Waals surface area contributed by atoms with Crippen molar-refractivity contribution in [2.75, 3.05) is 46.9 Å². The van der Waals surface area contributed by atoms with Gasteiger partial charge in [0.2, 0.25) is 0 Å². The van der Waals surface area contributed by atoms with Gasteiger partial charge in [0, 0.05) is 33.5 Å². The summed E-state index contributed by atoms with van der Waals surface area (Å²) in [5, 5.41) is 4.15. The van der Waals surface area contributed by atoms with E-state index in [1.807, 2.05) is 19.0 Å². The van der Waals surface area contributed by atoms with Gasteiger partial charge < -0.3 is 24.6 Å². The number of nitrogens with one attached hydrogen (secondary N) is 1. The lowest BCUT2D eigenvalue weighted by atomic mass is 10.0. The molecule has 0 aliphatic heterocycles. The van der Waals surface area contributed by atoms with E-state index in [9.17, 15) is 9.59 Å². The van der Waals surface area contributed by atoms with Crippen LogP contribution in [0.4, 0.5) is 0 Å². The molecule has 284 valence electrons. The molecule has 1 atom stereocenters. The van der Waals surface area contributed by atoms with Gasteiger partial charge >= 0.3 is 11.9 Å². The molecule has 1 unspecified atom stereocenters. The fourth-order valence-electron chi connectivity index (χ4n) is 5.96. The predicted molar refractivity (Wildman–Crippen MR) is 209 cm³/mol. The molecule has 0 aromatic carbocycles. The summed E-state index contributed by atoms with van der Waals surface area (Å²) in [6.07, 6.45) is 28.7. The zero-order chi connectivity index (χ0) is 35.5. The number of carbonyl (C=O) groups excluding carboxylic acids is 2. The molecule has 0 aliphatic carbocycles. The molecule has 8 heteroatoms. The van der Waals surface area contributed by atoms with Crippen LogP contribution in [0.1, 0.15) is 188 Å². The summed E-state index contributed by atoms with van der Waals surface area (Å²) in [5.41, 5.74) is 0. The van der Waals surface area contributed by atoms with Gasteiger partial charge in [0.25, 0.3) is 0 Å². The van der Waals surface area contributed by atoms with Crippen molar-refractivity contribution < 1.29 is 19.1 Å². The van der Waals surface area contributed by atoms with Gasteiger partial charge in [-0.15, -0.1) is 0 Å². The minimum Gasteiger partial charge on any atom is -0.466 e. The lowest BCUT2D eigenvalue weighted by molar-refractivity contribution is -0.150. The summed E-state index contributed by atoms with van der Waals surface area (Å²) in [7, 11) is 3.95. The quantitative estimate of drug-likeness (QED) is 0.0399. The molecule has 0 amide bonds. The van der Waals surface area contributed by atoms with Gasteiger partial charge in [-0.3, -0.25) is 9.59 Å². The maximum absolute atomic E-state index is 12.5. The molecule has 0 bridgehead atoms. The van der Waals surface area contributed by atoms with E-state index in [1.165, 1.54) is 83.5 Å². The number of rotatable bonds is 35. The fraction of sp³-hybridized carbons (Fsp3) is 0.925. The highest BCUT2D eigenvalue weighted by molar-refractivity contribution is 7.80. The topological polar surface area (TPSA) is 71.1 Å². The zero-order valence-electron chi connectivity index (χ0n) is 32.4. The molecule has 0 fully saturated rings. The van der Waals surface area contributed by atoms with E-state index in [0.717, 1.165) is 102 Å². The van der Waals surface area contributed by atoms with Gasteiger partial charge in [-0.2, -0.15) is 0 Å². The van der Waals surface area contributed by atoms with Crippen molar-refractivity contribution in [3.63, 3.8) is 0 Å². The maximum Gasteiger partial charge on any atom is 0.306 e. The number of ether oxygens (including phenoxy) is 2. The van der Waals surface area contributed by atoms with Gasteiger partial charge in [-0.25, -0.2) is 0 Å². The second-order valence-electron chi connectivity index (χ2n) is 14.1. The largest absolute Gasteiger partial charge is 0.466 e. The first-order valence-corrected chi connectivity index (χ1v) is 20.8. The average molecular weight is 698 g/mol. The number of thiocarbonyl (C=S) groups is 1. The van der Waals surface area contributed by atoms with Crippen LogP contribution >= 0.6 is 12.2 Å². The van der Waals surface area contributed by atoms with E-state index >= 15 is 0 Å². The molecule has 0 saturated carbocycles. The number of nitrogens with zero attached hydrogens (tertiary/aromatic N) is 2. The molecule has 7 nitrogen and oxygen atoms in total. The van der Waals surface area contributed by atoms with Gasteiger partial charge in [0.05, 0.1) is 6.61 Å². The van der Waals surface area contributed by atoms with Crippen molar-refractivity contribution in [3.8, 4) is 0 Å². The SMILES string of the molecule is CCCCCCCOC(=O)CCCCCCCN(CCCCCCCC(=O)OC(CCCC)CCCCCC)CCCNC(=S)N(C)C. The molecular formula is C40H79N3O4S. The number of carbonyl (C=O) groups is 2. The number of hydrogen-bond donors (Lipinski definition) is 1. The highest BCUT2D eigenvalue weighted by atomic mass is 32.1. The van der Waals surface area contributed by atoms with E-state index in [2.05, 4.69) is 31.0 Å². The Morgan fingerprint density at radius 2 is 1.06 bits per heavy atom. The minimum atomic E-state index is -0.0248. The Balaban J connectivity index is 4.23. The summed E-state index contributed by atoms with van der Waals surface area (Å²) in [6.45, 7) is 11.5. The molecular weight excluding hydrogens is 619 g/mol. The van der Waals surface area contributed by atoms with Crippen LogP contribution in [0.25, 0.3) is 0 Å². The Morgan fingerprint density at radius 1 is 0.583 bits per heavy atom. The van der Waals surface area contributed by atoms with E-state index in [0.29, 0.717) is 19.4 Å². The molecule has 0 aromatic rings. The van der Waals surface area contributed by atoms with Crippen LogP contribution < -0.4 is 5.32 Å². The average Bonchev–Trinajstić information content (AvgIpc) is 3.07. The maximum atomic E-state index is 12.5. The molecule has 0 rings (SSSR count). The molecule has 0 aliphatic rings. The van der Waals surface area contributed by atoms with E-state index < -0.39 is 0 Å². The Labute approximate surface area is 303 Å². The number of esters is 2. The molecule has 0 heterocycles. The van der Waals surface area contributed by atoms with Gasteiger partial charge in [-0.1, -0.05) is 117 Å². The van der Waals surface area contributed by atoms with Crippen molar-refractivity contribution in [1.29, 1.82) is 0 Å². The van der Waals surface area contributed by atoms with Gasteiger partial charge in [0.15, 0.2) is 5.11 Å². The molecule has 0 spiro atoms. The first-order chi connectivity index (χ1) is 23.3. The second-order valence-corrected chi connectivity index (χ2v) is 14.5. The highest BCUT2D eigenvalue weighted by Gasteiger charge is 2.14. The first-order valence-electron chi connectivity index (χ1n) is 20.4. The first kappa shape index (κ1) is 46.6. The van der Waals surface area contributed by atoms with Crippen molar-refractivity contribution in [3.05, 3.63) is 0 Å². The summed E-state index contributed by atoms with van der Waals surface area (Å²) < 4.78 is 11.3. The molecule has 48 heavy (non-hydrogen) atoms. The van der Waals surface area contributed by atoms with Crippen LogP contribution in [0, 0.1) is 0 Å². The fourth-order valence-corrected chi connectivity index (χ4v) is 6.07. The van der Waals surface area contributed by atoms with Crippen molar-refractivity contribution >= 4 is 29.3 Å². The van der Waals surface area contributed by atoms with Crippen LogP contribution in [0.2, 0.25) is 0 Å². The standard InChI is InChI=1S/C40H79N3O4S/c1-6-9-12-20-26-36-46-38(44)30-22-16-14-18-24-33-43(35-27-32-41-40(48)42(4)5)34-25-19-15-17-23-31-39(45)47-37(28-11-8-3)29-21-13-10-7-2/h37H,6-36H2,1-5H3,(H,41,48). The van der Waals surface area contributed by atoms with E-state index in [4.69, 9.17) is 21.7 Å². The third-order valence-corrected chi connectivity index (χ3v) is 9.62. The van der Waals surface area contributed by atoms with Crippen molar-refractivity contribution in [1.82, 2.24) is 15.1 Å². The smallest absolute Gasteiger partial charge is 0.306 e. The lowest BCUT2D eigenvalue weighted by Gasteiger charge is -2.23. The monoisotopic (exact) mass is 698 g/mol. The zero-order valence-corrected chi connectivity index (χ0v) is 33.2. The molecule has 0 radical (unpaired) electrons. The molecule has 0 aromatic heterocycles. The Bertz CT molecular complexity index is 752. The Kier molecular flexibility index (Phi) is 34.4. The van der Waals surface area contributed by atoms with Crippen LogP contribution in [-0.2, 0) is 19.1 Å². The van der Waals surface area contributed by atoms with Crippen LogP contribution in [0.5, 0.6) is 0 Å². The molecule has 0 saturated heterocycles. The summed E-state index contributed by atoms with van der Waals surface area (Å²) in [5.74, 6) is -0.0172. The van der Waals surface area contributed by atoms with Crippen LogP contribution in [-0.4, -0.2) is 79.8 Å². The van der Waals surface area contributed by atoms with Crippen molar-refractivity contribution in [2.45, 2.75) is 194 Å². The highest BCUT2D eigenvalue weighted by Crippen LogP contribution is 2.16. The van der Waals surface area contributed by atoms with Crippen LogP contribution in [0.3, 0.4) is 0 Å². The Morgan fingerprint density at radius 3 is 1.67 bits per heavy atom. The van der Waals surface area contributed by atoms with Gasteiger partial charge in [-0.05, 0) is 89.6 Å². The summed E-state index contributed by atoms with van der Waals surface area (Å²) in [4.78, 5) is 29.1. The third-order valence-electron chi connectivity index (χ3n) is 9.11. The minimum absolute atomic E-state index is 0.00762. The van der Waals surface area contributed by atoms with E-state index in [1.54, 1.807) is 0 Å². The van der Waals surface area contributed by atoms with Crippen LogP contribution in [0.15, 0.2) is 0 Å². The normalized spacial score (nSPS) is 11.9. The predicted octanol–water partition coefficient (Wildman–Crippen LogP) is 10.4. The number of unbranched alkanes of at least 4 members (excludes halogenated alkanes) is 16. The Hall–Kier alpha value is -1.41. The second kappa shape index (κ2) is 35.4. The van der Waals surface area contributed by atoms with Gasteiger partial charge in [0.1, 0.15) is 6.10 Å². The third kappa shape index (κ3) is 31.8.